The van der Waals surface area contributed by atoms with Gasteiger partial charge in [0, 0.05) is 18.4 Å². The van der Waals surface area contributed by atoms with Crippen LogP contribution in [0.1, 0.15) is 26.7 Å². The quantitative estimate of drug-likeness (QED) is 0.408. The Morgan fingerprint density at radius 1 is 1.19 bits per heavy atom. The number of hydrogen-bond acceptors (Lipinski definition) is 5. The van der Waals surface area contributed by atoms with Crippen LogP contribution >= 0.6 is 0 Å². The van der Waals surface area contributed by atoms with Gasteiger partial charge in [-0.25, -0.2) is 0 Å². The lowest BCUT2D eigenvalue weighted by Gasteiger charge is -2.08. The van der Waals surface area contributed by atoms with Crippen LogP contribution in [0.5, 0.6) is 5.75 Å². The van der Waals surface area contributed by atoms with Gasteiger partial charge in [0.1, 0.15) is 12.4 Å². The van der Waals surface area contributed by atoms with Gasteiger partial charge >= 0.3 is 5.97 Å². The fraction of sp³-hybridized carbons (Fsp3) is 0.562. The second kappa shape index (κ2) is 10.0. The van der Waals surface area contributed by atoms with Crippen LogP contribution in [-0.2, 0) is 14.3 Å². The molecule has 0 aromatic heterocycles. The van der Waals surface area contributed by atoms with Crippen LogP contribution in [0.3, 0.4) is 0 Å². The molecule has 1 aromatic rings. The lowest BCUT2D eigenvalue weighted by atomic mass is 10.1. The molecular weight excluding hydrogens is 270 g/mol. The van der Waals surface area contributed by atoms with Crippen molar-refractivity contribution in [1.29, 1.82) is 0 Å². The summed E-state index contributed by atoms with van der Waals surface area (Å²) in [7, 11) is 0. The zero-order valence-electron chi connectivity index (χ0n) is 12.8. The third kappa shape index (κ3) is 8.92. The number of nitrogens with two attached hydrogens (primary N) is 1. The Morgan fingerprint density at radius 3 is 2.71 bits per heavy atom. The van der Waals surface area contributed by atoms with Gasteiger partial charge in [0.15, 0.2) is 0 Å². The number of esters is 1. The number of ether oxygens (including phenoxy) is 3. The molecule has 0 spiro atoms. The van der Waals surface area contributed by atoms with E-state index < -0.39 is 0 Å². The van der Waals surface area contributed by atoms with Crippen LogP contribution in [0.25, 0.3) is 0 Å². The number of carbonyl (C=O) groups is 1. The summed E-state index contributed by atoms with van der Waals surface area (Å²) in [5.74, 6) is 0.989. The summed E-state index contributed by atoms with van der Waals surface area (Å²) < 4.78 is 15.8. The second-order valence-corrected chi connectivity index (χ2v) is 5.19. The molecule has 0 heterocycles. The molecule has 118 valence electrons. The van der Waals surface area contributed by atoms with E-state index in [9.17, 15) is 4.79 Å². The summed E-state index contributed by atoms with van der Waals surface area (Å²) in [6, 6.07) is 7.09. The summed E-state index contributed by atoms with van der Waals surface area (Å²) >= 11 is 0. The van der Waals surface area contributed by atoms with Gasteiger partial charge in [-0.3, -0.25) is 4.79 Å². The number of nitrogen functional groups attached to an aromatic ring is 1. The molecule has 0 atom stereocenters. The molecule has 0 unspecified atom stereocenters. The number of benzene rings is 1. The molecule has 0 aliphatic heterocycles. The zero-order valence-corrected chi connectivity index (χ0v) is 12.8. The van der Waals surface area contributed by atoms with E-state index in [1.54, 1.807) is 24.3 Å². The third-order valence-electron chi connectivity index (χ3n) is 2.76. The summed E-state index contributed by atoms with van der Waals surface area (Å²) in [4.78, 5) is 11.5. The van der Waals surface area contributed by atoms with Gasteiger partial charge in [-0.1, -0.05) is 19.9 Å². The Hall–Kier alpha value is -1.75. The normalized spacial score (nSPS) is 10.6. The summed E-state index contributed by atoms with van der Waals surface area (Å²) in [5.41, 5.74) is 6.26. The van der Waals surface area contributed by atoms with Gasteiger partial charge in [-0.15, -0.1) is 0 Å². The maximum Gasteiger partial charge on any atom is 0.309 e. The molecule has 0 amide bonds. The van der Waals surface area contributed by atoms with Crippen LogP contribution in [0, 0.1) is 5.92 Å². The number of carbonyl (C=O) groups excluding carboxylic acids is 1. The first kappa shape index (κ1) is 17.3. The van der Waals surface area contributed by atoms with E-state index in [0.717, 1.165) is 6.42 Å². The first-order valence-corrected chi connectivity index (χ1v) is 7.29. The first-order valence-electron chi connectivity index (χ1n) is 7.29. The average molecular weight is 295 g/mol. The van der Waals surface area contributed by atoms with Crippen LogP contribution in [0.15, 0.2) is 24.3 Å². The van der Waals surface area contributed by atoms with Crippen molar-refractivity contribution in [1.82, 2.24) is 0 Å². The summed E-state index contributed by atoms with van der Waals surface area (Å²) in [5, 5.41) is 0. The third-order valence-corrected chi connectivity index (χ3v) is 2.76. The first-order chi connectivity index (χ1) is 10.1. The van der Waals surface area contributed by atoms with Crippen molar-refractivity contribution in [2.24, 2.45) is 5.92 Å². The topological polar surface area (TPSA) is 70.8 Å². The Kier molecular flexibility index (Phi) is 8.28. The van der Waals surface area contributed by atoms with E-state index in [-0.39, 0.29) is 25.6 Å². The fourth-order valence-electron chi connectivity index (χ4n) is 1.56. The molecule has 0 fully saturated rings. The van der Waals surface area contributed by atoms with Gasteiger partial charge in [0.2, 0.25) is 0 Å². The van der Waals surface area contributed by atoms with E-state index >= 15 is 0 Å². The predicted octanol–water partition coefficient (Wildman–Crippen LogP) is 2.64. The molecular formula is C16H25NO4. The van der Waals surface area contributed by atoms with Crippen molar-refractivity contribution in [2.75, 3.05) is 32.2 Å². The van der Waals surface area contributed by atoms with Crippen molar-refractivity contribution in [3.63, 3.8) is 0 Å². The van der Waals surface area contributed by atoms with Crippen LogP contribution < -0.4 is 10.5 Å². The van der Waals surface area contributed by atoms with Crippen LogP contribution in [0.2, 0.25) is 0 Å². The number of hydrogen-bond donors (Lipinski definition) is 1. The molecule has 0 aliphatic rings. The fourth-order valence-corrected chi connectivity index (χ4v) is 1.56. The molecule has 5 heteroatoms. The average Bonchev–Trinajstić information content (AvgIpc) is 2.42. The van der Waals surface area contributed by atoms with Crippen molar-refractivity contribution >= 4 is 11.7 Å². The van der Waals surface area contributed by atoms with E-state index in [0.29, 0.717) is 30.6 Å². The maximum atomic E-state index is 11.5. The van der Waals surface area contributed by atoms with Gasteiger partial charge in [-0.2, -0.15) is 0 Å². The molecule has 21 heavy (non-hydrogen) atoms. The molecule has 5 nitrogen and oxygen atoms in total. The Balaban J connectivity index is 2.01. The predicted molar refractivity (Wildman–Crippen MR) is 82.2 cm³/mol. The van der Waals surface area contributed by atoms with E-state index in [1.165, 1.54) is 0 Å². The zero-order chi connectivity index (χ0) is 15.5. The molecule has 0 saturated carbocycles. The maximum absolute atomic E-state index is 11.5. The lowest BCUT2D eigenvalue weighted by Crippen LogP contribution is -2.14. The largest absolute Gasteiger partial charge is 0.493 e. The highest BCUT2D eigenvalue weighted by atomic mass is 16.6. The lowest BCUT2D eigenvalue weighted by molar-refractivity contribution is -0.145. The smallest absolute Gasteiger partial charge is 0.309 e. The molecule has 1 rings (SSSR count). The van der Waals surface area contributed by atoms with Gasteiger partial charge in [0.25, 0.3) is 0 Å². The van der Waals surface area contributed by atoms with E-state index in [1.807, 2.05) is 0 Å². The van der Waals surface area contributed by atoms with E-state index in [4.69, 9.17) is 19.9 Å². The minimum atomic E-state index is -0.286. The number of anilines is 1. The van der Waals surface area contributed by atoms with Gasteiger partial charge in [0.05, 0.1) is 19.6 Å². The highest BCUT2D eigenvalue weighted by Crippen LogP contribution is 2.14. The van der Waals surface area contributed by atoms with Crippen molar-refractivity contribution < 1.29 is 19.0 Å². The molecule has 0 aliphatic carbocycles. The molecule has 0 saturated heterocycles. The Labute approximate surface area is 126 Å². The summed E-state index contributed by atoms with van der Waals surface area (Å²) in [6.45, 7) is 5.99. The number of rotatable bonds is 10. The molecule has 2 N–H and O–H groups in total. The van der Waals surface area contributed by atoms with Crippen molar-refractivity contribution in [3.8, 4) is 5.75 Å². The van der Waals surface area contributed by atoms with Gasteiger partial charge in [-0.05, 0) is 24.5 Å². The van der Waals surface area contributed by atoms with Gasteiger partial charge < -0.3 is 19.9 Å². The van der Waals surface area contributed by atoms with Crippen LogP contribution in [-0.4, -0.2) is 32.4 Å². The van der Waals surface area contributed by atoms with Crippen molar-refractivity contribution in [2.45, 2.75) is 26.7 Å². The van der Waals surface area contributed by atoms with E-state index in [2.05, 4.69) is 13.8 Å². The van der Waals surface area contributed by atoms with Crippen molar-refractivity contribution in [3.05, 3.63) is 24.3 Å². The molecule has 1 aromatic carbocycles. The minimum Gasteiger partial charge on any atom is -0.493 e. The Morgan fingerprint density at radius 2 is 2.00 bits per heavy atom. The summed E-state index contributed by atoms with van der Waals surface area (Å²) in [6.07, 6.45) is 1.22. The molecule has 0 radical (unpaired) electrons. The SMILES string of the molecule is CC(C)CCOCCOC(=O)CCOc1cccc(N)c1. The highest BCUT2D eigenvalue weighted by molar-refractivity contribution is 5.69. The second-order valence-electron chi connectivity index (χ2n) is 5.19. The highest BCUT2D eigenvalue weighted by Gasteiger charge is 2.04. The monoisotopic (exact) mass is 295 g/mol. The molecule has 0 bridgehead atoms. The standard InChI is InChI=1S/C16H25NO4/c1-13(2)6-8-19-10-11-21-16(18)7-9-20-15-5-3-4-14(17)12-15/h3-5,12-13H,6-11,17H2,1-2H3. The minimum absolute atomic E-state index is 0.209. The van der Waals surface area contributed by atoms with Crippen LogP contribution in [0.4, 0.5) is 5.69 Å². The Bertz CT molecular complexity index is 420.